The number of amidine groups is 1. The minimum atomic E-state index is -0.185. The molecule has 0 atom stereocenters. The van der Waals surface area contributed by atoms with E-state index in [4.69, 9.17) is 11.6 Å². The molecule has 0 radical (unpaired) electrons. The molecule has 3 heterocycles. The van der Waals surface area contributed by atoms with E-state index in [1.807, 2.05) is 48.0 Å². The van der Waals surface area contributed by atoms with Crippen LogP contribution in [-0.2, 0) is 4.79 Å². The maximum absolute atomic E-state index is 12.3. The zero-order valence-corrected chi connectivity index (χ0v) is 15.8. The number of rotatable bonds is 2. The van der Waals surface area contributed by atoms with Gasteiger partial charge in [-0.1, -0.05) is 23.7 Å². The second-order valence-corrected chi connectivity index (χ2v) is 7.88. The Balaban J connectivity index is 1.68. The molecule has 25 heavy (non-hydrogen) atoms. The second kappa shape index (κ2) is 6.33. The Bertz CT molecular complexity index is 1060. The van der Waals surface area contributed by atoms with Crippen molar-refractivity contribution in [1.82, 2.24) is 14.7 Å². The number of nitrogens with one attached hydrogen (secondary N) is 1. The molecule has 1 aromatic carbocycles. The highest BCUT2D eigenvalue weighted by Crippen LogP contribution is 2.31. The third kappa shape index (κ3) is 3.10. The van der Waals surface area contributed by atoms with Crippen LogP contribution in [0, 0.1) is 13.8 Å². The molecule has 1 saturated heterocycles. The Hall–Kier alpha value is -2.09. The molecule has 5 nitrogen and oxygen atoms in total. The lowest BCUT2D eigenvalue weighted by Crippen LogP contribution is -2.19. The summed E-state index contributed by atoms with van der Waals surface area (Å²) in [6, 6.07) is 6.06. The summed E-state index contributed by atoms with van der Waals surface area (Å²) in [6.45, 7) is 4.01. The molecule has 1 amide bonds. The molecule has 0 saturated carbocycles. The first kappa shape index (κ1) is 16.4. The standard InChI is InChI=1S/C17H13ClN4OS2/c1-9-3-4-10(2)11(7-9)19-16-21-15(23)13(25-16)8-12-14(18)20-17-22(12)5-6-24-17/h3-8H,1-2H3,(H,19,21,23)/b13-8+. The number of fused-ring (bicyclic) bond motifs is 1. The lowest BCUT2D eigenvalue weighted by atomic mass is 10.1. The van der Waals surface area contributed by atoms with Gasteiger partial charge in [-0.05, 0) is 48.9 Å². The predicted molar refractivity (Wildman–Crippen MR) is 105 cm³/mol. The Morgan fingerprint density at radius 1 is 1.36 bits per heavy atom. The van der Waals surface area contributed by atoms with Crippen molar-refractivity contribution in [2.24, 2.45) is 4.99 Å². The van der Waals surface area contributed by atoms with Gasteiger partial charge in [-0.3, -0.25) is 9.20 Å². The molecule has 1 aliphatic heterocycles. The lowest BCUT2D eigenvalue weighted by molar-refractivity contribution is -0.115. The van der Waals surface area contributed by atoms with Crippen molar-refractivity contribution in [3.8, 4) is 0 Å². The summed E-state index contributed by atoms with van der Waals surface area (Å²) in [5, 5.41) is 5.68. The smallest absolute Gasteiger partial charge is 0.264 e. The molecular formula is C17H13ClN4OS2. The van der Waals surface area contributed by atoms with Crippen molar-refractivity contribution in [1.29, 1.82) is 0 Å². The Morgan fingerprint density at radius 2 is 2.20 bits per heavy atom. The van der Waals surface area contributed by atoms with Gasteiger partial charge in [0.15, 0.2) is 15.3 Å². The van der Waals surface area contributed by atoms with Crippen LogP contribution in [0.25, 0.3) is 11.0 Å². The molecule has 2 aromatic heterocycles. The number of aromatic nitrogens is 2. The molecule has 1 aliphatic rings. The van der Waals surface area contributed by atoms with Crippen LogP contribution in [0.4, 0.5) is 5.69 Å². The third-order valence-corrected chi connectivity index (χ3v) is 5.70. The number of hydrogen-bond acceptors (Lipinski definition) is 5. The van der Waals surface area contributed by atoms with E-state index in [-0.39, 0.29) is 5.91 Å². The Morgan fingerprint density at radius 3 is 3.04 bits per heavy atom. The normalized spacial score (nSPS) is 17.8. The third-order valence-electron chi connectivity index (χ3n) is 3.76. The van der Waals surface area contributed by atoms with Crippen molar-refractivity contribution < 1.29 is 4.79 Å². The first-order chi connectivity index (χ1) is 12.0. The first-order valence-corrected chi connectivity index (χ1v) is 9.56. The number of nitrogens with zero attached hydrogens (tertiary/aromatic N) is 3. The van der Waals surface area contributed by atoms with Crippen LogP contribution in [0.2, 0.25) is 5.15 Å². The summed E-state index contributed by atoms with van der Waals surface area (Å²) in [5.74, 6) is -0.185. The van der Waals surface area contributed by atoms with E-state index in [1.165, 1.54) is 23.1 Å². The zero-order chi connectivity index (χ0) is 17.6. The summed E-state index contributed by atoms with van der Waals surface area (Å²) >= 11 is 8.99. The molecule has 0 aliphatic carbocycles. The van der Waals surface area contributed by atoms with E-state index in [2.05, 4.69) is 15.3 Å². The highest BCUT2D eigenvalue weighted by Gasteiger charge is 2.25. The minimum Gasteiger partial charge on any atom is -0.300 e. The molecule has 126 valence electrons. The number of imidazole rings is 1. The second-order valence-electron chi connectivity index (χ2n) is 5.62. The van der Waals surface area contributed by atoms with E-state index in [0.717, 1.165) is 21.8 Å². The zero-order valence-electron chi connectivity index (χ0n) is 13.4. The van der Waals surface area contributed by atoms with Crippen LogP contribution in [-0.4, -0.2) is 20.5 Å². The number of carbonyl (C=O) groups excluding carboxylic acids is 1. The number of thiazole rings is 1. The molecule has 3 aromatic rings. The largest absolute Gasteiger partial charge is 0.300 e. The van der Waals surface area contributed by atoms with Crippen LogP contribution in [0.5, 0.6) is 0 Å². The van der Waals surface area contributed by atoms with Crippen molar-refractivity contribution in [3.05, 3.63) is 56.7 Å². The van der Waals surface area contributed by atoms with Gasteiger partial charge in [0.1, 0.15) is 0 Å². The summed E-state index contributed by atoms with van der Waals surface area (Å²) in [5.41, 5.74) is 3.74. The van der Waals surface area contributed by atoms with Crippen molar-refractivity contribution >= 4 is 62.5 Å². The molecule has 0 unspecified atom stereocenters. The molecule has 1 fully saturated rings. The number of hydrogen-bond donors (Lipinski definition) is 1. The predicted octanol–water partition coefficient (Wildman–Crippen LogP) is 4.56. The van der Waals surface area contributed by atoms with Gasteiger partial charge in [-0.2, -0.15) is 0 Å². The lowest BCUT2D eigenvalue weighted by Gasteiger charge is -2.02. The van der Waals surface area contributed by atoms with E-state index < -0.39 is 0 Å². The fourth-order valence-corrected chi connectivity index (χ4v) is 4.27. The number of halogens is 1. The van der Waals surface area contributed by atoms with Gasteiger partial charge in [-0.15, -0.1) is 11.3 Å². The highest BCUT2D eigenvalue weighted by atomic mass is 35.5. The maximum atomic E-state index is 12.3. The number of aliphatic imine (C=N–C) groups is 1. The molecule has 0 bridgehead atoms. The number of benzene rings is 1. The highest BCUT2D eigenvalue weighted by molar-refractivity contribution is 8.18. The molecule has 8 heteroatoms. The number of aryl methyl sites for hydroxylation is 2. The van der Waals surface area contributed by atoms with Crippen LogP contribution in [0.3, 0.4) is 0 Å². The van der Waals surface area contributed by atoms with Gasteiger partial charge in [-0.25, -0.2) is 9.98 Å². The quantitative estimate of drug-likeness (QED) is 0.655. The van der Waals surface area contributed by atoms with Crippen molar-refractivity contribution in [2.75, 3.05) is 0 Å². The first-order valence-electron chi connectivity index (χ1n) is 7.49. The number of amides is 1. The van der Waals surface area contributed by atoms with Gasteiger partial charge >= 0.3 is 0 Å². The molecule has 4 rings (SSSR count). The van der Waals surface area contributed by atoms with Crippen molar-refractivity contribution in [3.63, 3.8) is 0 Å². The fraction of sp³-hybridized carbons (Fsp3) is 0.118. The monoisotopic (exact) mass is 388 g/mol. The average Bonchev–Trinajstić information content (AvgIpc) is 3.21. The van der Waals surface area contributed by atoms with Crippen LogP contribution in [0.15, 0.2) is 39.7 Å². The van der Waals surface area contributed by atoms with E-state index in [9.17, 15) is 4.79 Å². The van der Waals surface area contributed by atoms with E-state index in [1.54, 1.807) is 6.08 Å². The summed E-state index contributed by atoms with van der Waals surface area (Å²) in [6.07, 6.45) is 3.63. The van der Waals surface area contributed by atoms with Crippen molar-refractivity contribution in [2.45, 2.75) is 13.8 Å². The molecular weight excluding hydrogens is 376 g/mol. The maximum Gasteiger partial charge on any atom is 0.264 e. The topological polar surface area (TPSA) is 58.8 Å². The van der Waals surface area contributed by atoms with E-state index >= 15 is 0 Å². The van der Waals surface area contributed by atoms with Crippen LogP contribution < -0.4 is 5.32 Å². The van der Waals surface area contributed by atoms with Gasteiger partial charge in [0.25, 0.3) is 5.91 Å². The average molecular weight is 389 g/mol. The number of carbonyl (C=O) groups is 1. The molecule has 1 N–H and O–H groups in total. The van der Waals surface area contributed by atoms with Gasteiger partial charge < -0.3 is 5.32 Å². The molecule has 0 spiro atoms. The van der Waals surface area contributed by atoms with Gasteiger partial charge in [0.05, 0.1) is 16.3 Å². The van der Waals surface area contributed by atoms with E-state index in [0.29, 0.717) is 20.9 Å². The minimum absolute atomic E-state index is 0.185. The fourth-order valence-electron chi connectivity index (χ4n) is 2.46. The Kier molecular flexibility index (Phi) is 4.15. The number of thioether (sulfide) groups is 1. The SMILES string of the molecule is Cc1ccc(C)c(N=C2NC(=O)/C(=C\c3c(Cl)nc4sccn34)S2)c1. The van der Waals surface area contributed by atoms with Crippen LogP contribution >= 0.6 is 34.7 Å². The summed E-state index contributed by atoms with van der Waals surface area (Å²) in [7, 11) is 0. The van der Waals surface area contributed by atoms with Crippen LogP contribution in [0.1, 0.15) is 16.8 Å². The summed E-state index contributed by atoms with van der Waals surface area (Å²) in [4.78, 5) is 22.5. The van der Waals surface area contributed by atoms with Gasteiger partial charge in [0, 0.05) is 11.6 Å². The summed E-state index contributed by atoms with van der Waals surface area (Å²) < 4.78 is 1.87. The van der Waals surface area contributed by atoms with Gasteiger partial charge in [0.2, 0.25) is 0 Å². The Labute approximate surface area is 157 Å².